The van der Waals surface area contributed by atoms with Crippen molar-refractivity contribution in [2.75, 3.05) is 0 Å². The molecule has 0 spiro atoms. The predicted octanol–water partition coefficient (Wildman–Crippen LogP) is 1.91. The number of halogens is 1. The van der Waals surface area contributed by atoms with Crippen molar-refractivity contribution in [3.8, 4) is 0 Å². The standard InChI is InChI=1S/C12H15BClN3O2/c1-11(2)12(3,4)19-13(18-11)10-16-8(14)7-5-6-15-9(7)17-10/h5-6H,1-4H3,(H,15,16,17). The van der Waals surface area contributed by atoms with Gasteiger partial charge in [0.15, 0.2) is 5.72 Å². The number of H-pyrrole nitrogens is 1. The number of fused-ring (bicyclic) bond motifs is 1. The first-order valence-corrected chi connectivity index (χ1v) is 6.54. The molecule has 7 heteroatoms. The van der Waals surface area contributed by atoms with Gasteiger partial charge >= 0.3 is 7.12 Å². The fourth-order valence-electron chi connectivity index (χ4n) is 1.97. The van der Waals surface area contributed by atoms with Gasteiger partial charge in [0.1, 0.15) is 10.8 Å². The van der Waals surface area contributed by atoms with E-state index < -0.39 is 18.3 Å². The molecule has 0 atom stereocenters. The first-order valence-electron chi connectivity index (χ1n) is 6.16. The van der Waals surface area contributed by atoms with Gasteiger partial charge in [-0.3, -0.25) is 0 Å². The minimum atomic E-state index is -0.602. The van der Waals surface area contributed by atoms with E-state index in [-0.39, 0.29) is 0 Å². The maximum absolute atomic E-state index is 6.14. The van der Waals surface area contributed by atoms with Crippen LogP contribution in [0.3, 0.4) is 0 Å². The molecule has 0 aromatic carbocycles. The van der Waals surface area contributed by atoms with Gasteiger partial charge in [0.25, 0.3) is 0 Å². The van der Waals surface area contributed by atoms with E-state index in [0.29, 0.717) is 16.5 Å². The topological polar surface area (TPSA) is 60.0 Å². The van der Waals surface area contributed by atoms with E-state index in [1.165, 1.54) is 0 Å². The van der Waals surface area contributed by atoms with Crippen molar-refractivity contribution in [2.24, 2.45) is 0 Å². The Morgan fingerprint density at radius 2 is 1.79 bits per heavy atom. The van der Waals surface area contributed by atoms with Crippen molar-refractivity contribution in [3.63, 3.8) is 0 Å². The third-order valence-corrected chi connectivity index (χ3v) is 4.14. The molecule has 3 heterocycles. The molecule has 0 aliphatic carbocycles. The summed E-state index contributed by atoms with van der Waals surface area (Å²) in [6.07, 6.45) is 1.78. The normalized spacial score (nSPS) is 21.2. The minimum absolute atomic E-state index is 0.399. The average molecular weight is 280 g/mol. The van der Waals surface area contributed by atoms with Crippen LogP contribution in [-0.2, 0) is 9.31 Å². The van der Waals surface area contributed by atoms with Crippen LogP contribution in [0.2, 0.25) is 5.15 Å². The van der Waals surface area contributed by atoms with E-state index in [2.05, 4.69) is 15.0 Å². The number of hydrogen-bond acceptors (Lipinski definition) is 4. The SMILES string of the molecule is CC1(C)OB(c2nc(Cl)c3cc[nH]c3n2)OC1(C)C. The molecule has 0 unspecified atom stereocenters. The van der Waals surface area contributed by atoms with E-state index in [9.17, 15) is 0 Å². The van der Waals surface area contributed by atoms with Gasteiger partial charge in [0, 0.05) is 6.20 Å². The summed E-state index contributed by atoms with van der Waals surface area (Å²) in [5.74, 6) is 0. The molecule has 1 aliphatic rings. The summed E-state index contributed by atoms with van der Waals surface area (Å²) >= 11 is 6.14. The Morgan fingerprint density at radius 1 is 1.16 bits per heavy atom. The Morgan fingerprint density at radius 3 is 2.42 bits per heavy atom. The van der Waals surface area contributed by atoms with Gasteiger partial charge in [-0.2, -0.15) is 0 Å². The quantitative estimate of drug-likeness (QED) is 0.640. The van der Waals surface area contributed by atoms with Crippen LogP contribution in [0.15, 0.2) is 12.3 Å². The highest BCUT2D eigenvalue weighted by Crippen LogP contribution is 2.36. The molecule has 19 heavy (non-hydrogen) atoms. The van der Waals surface area contributed by atoms with Gasteiger partial charge in [0.2, 0.25) is 0 Å². The molecule has 0 radical (unpaired) electrons. The molecule has 0 amide bonds. The summed E-state index contributed by atoms with van der Waals surface area (Å²) < 4.78 is 11.8. The third-order valence-electron chi connectivity index (χ3n) is 3.85. The Hall–Kier alpha value is -1.11. The summed E-state index contributed by atoms with van der Waals surface area (Å²) in [6.45, 7) is 7.95. The third kappa shape index (κ3) is 1.95. The second kappa shape index (κ2) is 3.94. The number of hydrogen-bond donors (Lipinski definition) is 1. The minimum Gasteiger partial charge on any atom is -0.397 e. The smallest absolute Gasteiger partial charge is 0.397 e. The zero-order valence-electron chi connectivity index (χ0n) is 11.3. The molecule has 100 valence electrons. The van der Waals surface area contributed by atoms with Crippen LogP contribution in [0, 0.1) is 0 Å². The van der Waals surface area contributed by atoms with Crippen LogP contribution in [0.5, 0.6) is 0 Å². The van der Waals surface area contributed by atoms with Gasteiger partial charge in [-0.25, -0.2) is 9.97 Å². The highest BCUT2D eigenvalue weighted by Gasteiger charge is 2.53. The Labute approximate surface area is 116 Å². The molecule has 1 N–H and O–H groups in total. The first-order chi connectivity index (χ1) is 8.80. The summed E-state index contributed by atoms with van der Waals surface area (Å²) in [7, 11) is -0.602. The molecule has 0 saturated carbocycles. The van der Waals surface area contributed by atoms with Crippen LogP contribution < -0.4 is 5.72 Å². The van der Waals surface area contributed by atoms with Gasteiger partial charge < -0.3 is 14.3 Å². The lowest BCUT2D eigenvalue weighted by atomic mass is 9.89. The lowest BCUT2D eigenvalue weighted by molar-refractivity contribution is 0.00578. The predicted molar refractivity (Wildman–Crippen MR) is 74.6 cm³/mol. The van der Waals surface area contributed by atoms with Crippen molar-refractivity contribution in [1.29, 1.82) is 0 Å². The molecule has 2 aromatic rings. The number of rotatable bonds is 1. The van der Waals surface area contributed by atoms with Crippen molar-refractivity contribution >= 4 is 35.5 Å². The summed E-state index contributed by atoms with van der Waals surface area (Å²) in [6, 6.07) is 1.84. The van der Waals surface area contributed by atoms with Crippen molar-refractivity contribution < 1.29 is 9.31 Å². The second-order valence-corrected chi connectivity index (χ2v) is 6.06. The van der Waals surface area contributed by atoms with Crippen LogP contribution in [-0.4, -0.2) is 33.3 Å². The molecule has 2 aromatic heterocycles. The van der Waals surface area contributed by atoms with E-state index in [1.54, 1.807) is 6.20 Å². The summed E-state index contributed by atoms with van der Waals surface area (Å²) in [4.78, 5) is 11.7. The van der Waals surface area contributed by atoms with E-state index in [1.807, 2.05) is 33.8 Å². The Kier molecular flexibility index (Phi) is 2.68. The van der Waals surface area contributed by atoms with Crippen LogP contribution in [0.25, 0.3) is 11.0 Å². The highest BCUT2D eigenvalue weighted by molar-refractivity contribution is 6.60. The first kappa shape index (κ1) is 12.9. The van der Waals surface area contributed by atoms with E-state index in [4.69, 9.17) is 20.9 Å². The Bertz CT molecular complexity index is 625. The maximum atomic E-state index is 6.14. The molecule has 0 bridgehead atoms. The van der Waals surface area contributed by atoms with Crippen LogP contribution in [0.1, 0.15) is 27.7 Å². The largest absolute Gasteiger partial charge is 0.534 e. The fourth-order valence-corrected chi connectivity index (χ4v) is 2.21. The van der Waals surface area contributed by atoms with Gasteiger partial charge in [-0.15, -0.1) is 0 Å². The van der Waals surface area contributed by atoms with Crippen molar-refractivity contribution in [1.82, 2.24) is 15.0 Å². The van der Waals surface area contributed by atoms with E-state index >= 15 is 0 Å². The Balaban J connectivity index is 2.02. The lowest BCUT2D eigenvalue weighted by Crippen LogP contribution is -2.41. The molecule has 1 aliphatic heterocycles. The van der Waals surface area contributed by atoms with Crippen molar-refractivity contribution in [2.45, 2.75) is 38.9 Å². The number of aromatic nitrogens is 3. The van der Waals surface area contributed by atoms with Crippen molar-refractivity contribution in [3.05, 3.63) is 17.4 Å². The zero-order valence-corrected chi connectivity index (χ0v) is 12.1. The van der Waals surface area contributed by atoms with E-state index in [0.717, 1.165) is 5.39 Å². The molecular weight excluding hydrogens is 264 g/mol. The van der Waals surface area contributed by atoms with Crippen LogP contribution in [0.4, 0.5) is 0 Å². The fraction of sp³-hybridized carbons (Fsp3) is 0.500. The monoisotopic (exact) mass is 279 g/mol. The zero-order chi connectivity index (χ0) is 13.8. The molecule has 1 saturated heterocycles. The molecular formula is C12H15BClN3O2. The van der Waals surface area contributed by atoms with Gasteiger partial charge in [0.05, 0.1) is 16.6 Å². The number of nitrogens with one attached hydrogen (secondary N) is 1. The molecule has 1 fully saturated rings. The van der Waals surface area contributed by atoms with Gasteiger partial charge in [-0.05, 0) is 33.8 Å². The summed E-state index contributed by atoms with van der Waals surface area (Å²) in [5.41, 5.74) is 0.291. The molecule has 5 nitrogen and oxygen atoms in total. The second-order valence-electron chi connectivity index (χ2n) is 5.70. The maximum Gasteiger partial charge on any atom is 0.534 e. The lowest BCUT2D eigenvalue weighted by Gasteiger charge is -2.32. The number of nitrogens with zero attached hydrogens (tertiary/aromatic N) is 2. The summed E-state index contributed by atoms with van der Waals surface area (Å²) in [5, 5.41) is 1.19. The van der Waals surface area contributed by atoms with Gasteiger partial charge in [-0.1, -0.05) is 11.6 Å². The number of aromatic amines is 1. The van der Waals surface area contributed by atoms with Crippen LogP contribution >= 0.6 is 11.6 Å². The molecule has 3 rings (SSSR count). The average Bonchev–Trinajstić information content (AvgIpc) is 2.82. The highest BCUT2D eigenvalue weighted by atomic mass is 35.5.